The van der Waals surface area contributed by atoms with E-state index in [1.54, 1.807) is 12.5 Å². The quantitative estimate of drug-likeness (QED) is 0.490. The first-order valence-corrected chi connectivity index (χ1v) is 3.34. The molecule has 0 saturated heterocycles. The van der Waals surface area contributed by atoms with E-state index in [9.17, 15) is 0 Å². The molecule has 0 fully saturated rings. The van der Waals surface area contributed by atoms with Crippen LogP contribution < -0.4 is 0 Å². The summed E-state index contributed by atoms with van der Waals surface area (Å²) in [4.78, 5) is 3.70. The predicted octanol–water partition coefficient (Wildman–Crippen LogP) is 1.42. The van der Waals surface area contributed by atoms with Gasteiger partial charge in [-0.15, -0.1) is 0 Å². The third-order valence-electron chi connectivity index (χ3n) is 1.84. The van der Waals surface area contributed by atoms with Gasteiger partial charge in [0.05, 0.1) is 18.2 Å². The molecule has 1 heterocycles. The third kappa shape index (κ3) is 0.914. The summed E-state index contributed by atoms with van der Waals surface area (Å²) in [6.45, 7) is 0. The first-order valence-electron chi connectivity index (χ1n) is 3.34. The lowest BCUT2D eigenvalue weighted by atomic mass is 10.2. The van der Waals surface area contributed by atoms with Crippen LogP contribution in [0.2, 0.25) is 0 Å². The Morgan fingerprint density at radius 3 is 3.18 bits per heavy atom. The molecule has 11 heavy (non-hydrogen) atoms. The van der Waals surface area contributed by atoms with E-state index in [4.69, 9.17) is 9.67 Å². The van der Waals surface area contributed by atoms with Crippen molar-refractivity contribution >= 4 is 5.71 Å². The first-order chi connectivity index (χ1) is 5.42. The SMILES string of the molecule is OO/N=C1\CCc2cocc21. The van der Waals surface area contributed by atoms with Crippen molar-refractivity contribution in [1.29, 1.82) is 0 Å². The van der Waals surface area contributed by atoms with Gasteiger partial charge in [0.1, 0.15) is 0 Å². The normalized spacial score (nSPS) is 18.8. The molecule has 0 saturated carbocycles. The number of nitrogens with zero attached hydrogens (tertiary/aromatic N) is 1. The Kier molecular flexibility index (Phi) is 1.40. The van der Waals surface area contributed by atoms with Gasteiger partial charge in [-0.3, -0.25) is 0 Å². The van der Waals surface area contributed by atoms with Gasteiger partial charge in [0.2, 0.25) is 0 Å². The molecule has 2 rings (SSSR count). The summed E-state index contributed by atoms with van der Waals surface area (Å²) in [6.07, 6.45) is 5.02. The zero-order valence-corrected chi connectivity index (χ0v) is 5.78. The van der Waals surface area contributed by atoms with Crippen molar-refractivity contribution in [3.63, 3.8) is 0 Å². The number of aryl methyl sites for hydroxylation is 1. The number of hydrogen-bond acceptors (Lipinski definition) is 4. The zero-order valence-electron chi connectivity index (χ0n) is 5.78. The van der Waals surface area contributed by atoms with Crippen LogP contribution in [-0.4, -0.2) is 11.0 Å². The molecule has 0 spiro atoms. The van der Waals surface area contributed by atoms with Crippen LogP contribution in [0.3, 0.4) is 0 Å². The van der Waals surface area contributed by atoms with Crippen LogP contribution in [-0.2, 0) is 11.4 Å². The zero-order chi connectivity index (χ0) is 7.68. The highest BCUT2D eigenvalue weighted by molar-refractivity contribution is 6.03. The molecule has 0 aliphatic heterocycles. The lowest BCUT2D eigenvalue weighted by Gasteiger charge is -1.89. The van der Waals surface area contributed by atoms with E-state index < -0.39 is 0 Å². The number of fused-ring (bicyclic) bond motifs is 1. The molecule has 1 aromatic rings. The molecule has 0 atom stereocenters. The van der Waals surface area contributed by atoms with Gasteiger partial charge in [0, 0.05) is 5.56 Å². The molecule has 58 valence electrons. The van der Waals surface area contributed by atoms with Gasteiger partial charge < -0.3 is 4.42 Å². The van der Waals surface area contributed by atoms with E-state index in [1.807, 2.05) is 0 Å². The van der Waals surface area contributed by atoms with Crippen LogP contribution in [0.15, 0.2) is 22.1 Å². The summed E-state index contributed by atoms with van der Waals surface area (Å²) in [7, 11) is 0. The highest BCUT2D eigenvalue weighted by Crippen LogP contribution is 2.23. The second-order valence-corrected chi connectivity index (χ2v) is 2.43. The van der Waals surface area contributed by atoms with Crippen LogP contribution >= 0.6 is 0 Å². The molecule has 0 aromatic carbocycles. The van der Waals surface area contributed by atoms with Crippen molar-refractivity contribution in [1.82, 2.24) is 0 Å². The van der Waals surface area contributed by atoms with Gasteiger partial charge in [-0.2, -0.15) is 5.26 Å². The average Bonchev–Trinajstić information content (AvgIpc) is 2.53. The highest BCUT2D eigenvalue weighted by Gasteiger charge is 2.20. The van der Waals surface area contributed by atoms with Gasteiger partial charge in [-0.25, -0.2) is 4.99 Å². The van der Waals surface area contributed by atoms with E-state index in [-0.39, 0.29) is 0 Å². The maximum Gasteiger partial charge on any atom is 0.0997 e. The van der Waals surface area contributed by atoms with Gasteiger partial charge in [0.15, 0.2) is 0 Å². The smallest absolute Gasteiger partial charge is 0.0997 e. The van der Waals surface area contributed by atoms with E-state index in [1.165, 1.54) is 0 Å². The lowest BCUT2D eigenvalue weighted by molar-refractivity contribution is -0.243. The monoisotopic (exact) mass is 153 g/mol. The lowest BCUT2D eigenvalue weighted by Crippen LogP contribution is -1.92. The molecule has 1 N–H and O–H groups in total. The maximum absolute atomic E-state index is 8.07. The van der Waals surface area contributed by atoms with Crippen molar-refractivity contribution in [3.8, 4) is 0 Å². The standard InChI is InChI=1S/C7H7NO3/c9-11-8-7-2-1-5-3-10-4-6(5)7/h3-4,9H,1-2H2/b8-7+. The fourth-order valence-electron chi connectivity index (χ4n) is 1.30. The van der Waals surface area contributed by atoms with Crippen molar-refractivity contribution in [2.45, 2.75) is 12.8 Å². The van der Waals surface area contributed by atoms with Crippen LogP contribution in [0.1, 0.15) is 17.5 Å². The van der Waals surface area contributed by atoms with E-state index in [2.05, 4.69) is 10.1 Å². The Morgan fingerprint density at radius 1 is 1.45 bits per heavy atom. The molecule has 1 aromatic heterocycles. The van der Waals surface area contributed by atoms with Gasteiger partial charge in [-0.05, 0) is 23.6 Å². The van der Waals surface area contributed by atoms with Crippen molar-refractivity contribution in [2.75, 3.05) is 0 Å². The molecule has 1 aliphatic carbocycles. The molecular weight excluding hydrogens is 146 g/mol. The van der Waals surface area contributed by atoms with E-state index >= 15 is 0 Å². The number of furan rings is 1. The molecule has 1 aliphatic rings. The molecule has 0 bridgehead atoms. The molecule has 0 radical (unpaired) electrons. The molecule has 0 unspecified atom stereocenters. The Morgan fingerprint density at radius 2 is 2.36 bits per heavy atom. The van der Waals surface area contributed by atoms with Crippen LogP contribution in [0.4, 0.5) is 0 Å². The van der Waals surface area contributed by atoms with Crippen molar-refractivity contribution < 1.29 is 14.7 Å². The maximum atomic E-state index is 8.07. The van der Waals surface area contributed by atoms with E-state index in [0.29, 0.717) is 0 Å². The Labute approximate surface area is 63.0 Å². The summed E-state index contributed by atoms with van der Waals surface area (Å²) in [5.74, 6) is 0. The molecule has 4 nitrogen and oxygen atoms in total. The fourth-order valence-corrected chi connectivity index (χ4v) is 1.30. The summed E-state index contributed by atoms with van der Waals surface area (Å²) < 4.78 is 4.95. The second kappa shape index (κ2) is 2.39. The number of oxime groups is 1. The molecule has 4 heteroatoms. The number of hydrogen-bond donors (Lipinski definition) is 1. The van der Waals surface area contributed by atoms with Gasteiger partial charge >= 0.3 is 0 Å². The largest absolute Gasteiger partial charge is 0.472 e. The first kappa shape index (κ1) is 6.42. The van der Waals surface area contributed by atoms with Crippen molar-refractivity contribution in [3.05, 3.63) is 23.7 Å². The molecule has 0 amide bonds. The summed E-state index contributed by atoms with van der Waals surface area (Å²) >= 11 is 0. The Hall–Kier alpha value is -1.29. The summed E-state index contributed by atoms with van der Waals surface area (Å²) in [5, 5.41) is 11.5. The highest BCUT2D eigenvalue weighted by atomic mass is 17.2. The van der Waals surface area contributed by atoms with Gasteiger partial charge in [-0.1, -0.05) is 0 Å². The fraction of sp³-hybridized carbons (Fsp3) is 0.286. The van der Waals surface area contributed by atoms with Crippen molar-refractivity contribution in [2.24, 2.45) is 5.16 Å². The summed E-state index contributed by atoms with van der Waals surface area (Å²) in [6, 6.07) is 0. The Bertz CT molecular complexity index is 290. The predicted molar refractivity (Wildman–Crippen MR) is 37.3 cm³/mol. The number of rotatable bonds is 1. The minimum absolute atomic E-state index is 0.747. The van der Waals surface area contributed by atoms with E-state index in [0.717, 1.165) is 29.7 Å². The third-order valence-corrected chi connectivity index (χ3v) is 1.84. The average molecular weight is 153 g/mol. The van der Waals surface area contributed by atoms with Crippen LogP contribution in [0.5, 0.6) is 0 Å². The minimum Gasteiger partial charge on any atom is -0.472 e. The van der Waals surface area contributed by atoms with Gasteiger partial charge in [0.25, 0.3) is 0 Å². The molecular formula is C7H7NO3. The topological polar surface area (TPSA) is 55.0 Å². The van der Waals surface area contributed by atoms with Crippen LogP contribution in [0, 0.1) is 0 Å². The Balaban J connectivity index is 2.38. The van der Waals surface area contributed by atoms with Crippen LogP contribution in [0.25, 0.3) is 0 Å². The minimum atomic E-state index is 0.747. The summed E-state index contributed by atoms with van der Waals surface area (Å²) in [5.41, 5.74) is 2.82. The second-order valence-electron chi connectivity index (χ2n) is 2.43.